The minimum Gasteiger partial charge on any atom is -0.508 e. The number of aromatic hydroxyl groups is 1. The van der Waals surface area contributed by atoms with E-state index in [0.717, 1.165) is 27.6 Å². The molecule has 0 aromatic heterocycles. The monoisotopic (exact) mass is 459 g/mol. The van der Waals surface area contributed by atoms with E-state index in [1.807, 2.05) is 38.1 Å². The van der Waals surface area contributed by atoms with E-state index in [1.54, 1.807) is 13.0 Å². The molecule has 0 aliphatic carbocycles. The summed E-state index contributed by atoms with van der Waals surface area (Å²) in [6, 6.07) is 9.21. The van der Waals surface area contributed by atoms with Gasteiger partial charge in [0.25, 0.3) is 0 Å². The van der Waals surface area contributed by atoms with E-state index in [4.69, 9.17) is 9.57 Å². The predicted octanol–water partition coefficient (Wildman–Crippen LogP) is 4.26. The third-order valence-electron chi connectivity index (χ3n) is 5.32. The number of fused-ring (bicyclic) bond motifs is 2. The maximum Gasteiger partial charge on any atom is 0.398 e. The first-order valence-corrected chi connectivity index (χ1v) is 10.4. The highest BCUT2D eigenvalue weighted by atomic mass is 79.9. The molecule has 0 saturated heterocycles. The second-order valence-corrected chi connectivity index (χ2v) is 8.85. The number of nitrogens with zero attached hydrogens (tertiary/aromatic N) is 1. The quantitative estimate of drug-likeness (QED) is 0.688. The number of ether oxygens (including phenoxy) is 1. The summed E-state index contributed by atoms with van der Waals surface area (Å²) in [5, 5.41) is 12.2. The molecule has 29 heavy (non-hydrogen) atoms. The number of phenols is 1. The zero-order valence-electron chi connectivity index (χ0n) is 16.5. The number of ketones is 1. The Kier molecular flexibility index (Phi) is 4.81. The Morgan fingerprint density at radius 2 is 2.10 bits per heavy atom. The summed E-state index contributed by atoms with van der Waals surface area (Å²) >= 11 is 3.59. The molecule has 2 heterocycles. The lowest BCUT2D eigenvalue weighted by Crippen LogP contribution is -2.30. The van der Waals surface area contributed by atoms with Crippen LogP contribution in [0.15, 0.2) is 34.8 Å². The van der Waals surface area contributed by atoms with Crippen LogP contribution in [0.2, 0.25) is 0 Å². The van der Waals surface area contributed by atoms with Crippen LogP contribution in [0.5, 0.6) is 11.5 Å². The van der Waals surface area contributed by atoms with E-state index in [-0.39, 0.29) is 23.7 Å². The zero-order valence-corrected chi connectivity index (χ0v) is 18.1. The number of Topliss-reactive ketones (excluding diaryl/α,β-unsaturated/α-hetero) is 1. The Morgan fingerprint density at radius 3 is 2.83 bits per heavy atom. The summed E-state index contributed by atoms with van der Waals surface area (Å²) in [5.41, 5.74) is 3.05. The van der Waals surface area contributed by atoms with Crippen molar-refractivity contribution in [1.82, 2.24) is 0 Å². The Hall–Kier alpha value is -2.54. The summed E-state index contributed by atoms with van der Waals surface area (Å²) in [7, 11) is 0. The Balaban J connectivity index is 1.73. The summed E-state index contributed by atoms with van der Waals surface area (Å²) < 4.78 is 6.76. The summed E-state index contributed by atoms with van der Waals surface area (Å²) in [6.45, 7) is 5.94. The number of carbonyl (C=O) groups is 2. The van der Waals surface area contributed by atoms with E-state index < -0.39 is 11.8 Å². The van der Waals surface area contributed by atoms with Crippen LogP contribution in [0.1, 0.15) is 49.8 Å². The van der Waals surface area contributed by atoms with Gasteiger partial charge in [-0.25, -0.2) is 9.86 Å². The van der Waals surface area contributed by atoms with Crippen molar-refractivity contribution < 1.29 is 24.3 Å². The molecule has 152 valence electrons. The standard InChI is InChI=1S/C22H22BrNO5/c1-4-17(25)21(27)29-24-11-14(20-15(23)6-5-7-16(20)24)13-8-12-10-22(2,3)28-19(12)9-18(13)26/h5-9,14,26H,4,10-11H2,1-3H3. The summed E-state index contributed by atoms with van der Waals surface area (Å²) in [4.78, 5) is 29.2. The van der Waals surface area contributed by atoms with Gasteiger partial charge in [-0.2, -0.15) is 0 Å². The predicted molar refractivity (Wildman–Crippen MR) is 111 cm³/mol. The molecule has 6 nitrogen and oxygen atoms in total. The van der Waals surface area contributed by atoms with Gasteiger partial charge in [0.15, 0.2) is 0 Å². The molecule has 4 rings (SSSR count). The normalized spacial score (nSPS) is 18.8. The van der Waals surface area contributed by atoms with Crippen molar-refractivity contribution >= 4 is 33.4 Å². The molecule has 0 saturated carbocycles. The zero-order chi connectivity index (χ0) is 20.9. The smallest absolute Gasteiger partial charge is 0.398 e. The molecule has 2 aromatic carbocycles. The Bertz CT molecular complexity index is 1020. The van der Waals surface area contributed by atoms with Crippen LogP contribution >= 0.6 is 15.9 Å². The molecule has 2 aliphatic rings. The van der Waals surface area contributed by atoms with Crippen molar-refractivity contribution in [2.75, 3.05) is 11.6 Å². The van der Waals surface area contributed by atoms with E-state index >= 15 is 0 Å². The first-order valence-electron chi connectivity index (χ1n) is 9.56. The minimum atomic E-state index is -0.882. The van der Waals surface area contributed by atoms with Gasteiger partial charge in [0.2, 0.25) is 5.78 Å². The first-order chi connectivity index (χ1) is 13.7. The third kappa shape index (κ3) is 3.48. The molecular formula is C22H22BrNO5. The highest BCUT2D eigenvalue weighted by Crippen LogP contribution is 2.48. The lowest BCUT2D eigenvalue weighted by Gasteiger charge is -2.18. The Labute approximate surface area is 177 Å². The molecule has 7 heteroatoms. The molecule has 2 aromatic rings. The molecule has 0 bridgehead atoms. The fourth-order valence-corrected chi connectivity index (χ4v) is 4.65. The van der Waals surface area contributed by atoms with Crippen LogP contribution in [0.4, 0.5) is 5.69 Å². The molecule has 0 fully saturated rings. The summed E-state index contributed by atoms with van der Waals surface area (Å²) in [5.74, 6) is -0.874. The average Bonchev–Trinajstić information content (AvgIpc) is 3.16. The van der Waals surface area contributed by atoms with Gasteiger partial charge in [-0.3, -0.25) is 4.79 Å². The van der Waals surface area contributed by atoms with Gasteiger partial charge in [-0.1, -0.05) is 28.9 Å². The van der Waals surface area contributed by atoms with Crippen molar-refractivity contribution in [2.45, 2.75) is 45.1 Å². The molecule has 2 aliphatic heterocycles. The second-order valence-electron chi connectivity index (χ2n) is 8.00. The van der Waals surface area contributed by atoms with E-state index in [9.17, 15) is 14.7 Å². The summed E-state index contributed by atoms with van der Waals surface area (Å²) in [6.07, 6.45) is 0.831. The highest BCUT2D eigenvalue weighted by molar-refractivity contribution is 9.10. The van der Waals surface area contributed by atoms with Gasteiger partial charge in [-0.05, 0) is 37.6 Å². The van der Waals surface area contributed by atoms with E-state index in [1.165, 1.54) is 5.06 Å². The molecule has 0 spiro atoms. The number of anilines is 1. The molecule has 0 amide bonds. The number of rotatable bonds is 4. The molecule has 0 radical (unpaired) electrons. The van der Waals surface area contributed by atoms with E-state index in [0.29, 0.717) is 18.0 Å². The van der Waals surface area contributed by atoms with Crippen LogP contribution in [0, 0.1) is 0 Å². The van der Waals surface area contributed by atoms with Crippen LogP contribution in [0.25, 0.3) is 0 Å². The molecular weight excluding hydrogens is 438 g/mol. The highest BCUT2D eigenvalue weighted by Gasteiger charge is 2.38. The molecule has 1 atom stereocenters. The van der Waals surface area contributed by atoms with Crippen molar-refractivity contribution in [3.63, 3.8) is 0 Å². The van der Waals surface area contributed by atoms with Crippen molar-refractivity contribution in [1.29, 1.82) is 0 Å². The van der Waals surface area contributed by atoms with Crippen LogP contribution < -0.4 is 9.80 Å². The van der Waals surface area contributed by atoms with Gasteiger partial charge in [0.05, 0.1) is 12.2 Å². The number of halogens is 1. The topological polar surface area (TPSA) is 76.1 Å². The number of hydrogen-bond donors (Lipinski definition) is 1. The van der Waals surface area contributed by atoms with Gasteiger partial charge in [-0.15, -0.1) is 0 Å². The van der Waals surface area contributed by atoms with E-state index in [2.05, 4.69) is 15.9 Å². The van der Waals surface area contributed by atoms with Gasteiger partial charge in [0, 0.05) is 40.4 Å². The third-order valence-corrected chi connectivity index (χ3v) is 6.02. The minimum absolute atomic E-state index is 0.0861. The number of hydrogen-bond acceptors (Lipinski definition) is 6. The number of hydroxylamine groups is 1. The van der Waals surface area contributed by atoms with Crippen LogP contribution in [0.3, 0.4) is 0 Å². The van der Waals surface area contributed by atoms with Gasteiger partial charge >= 0.3 is 5.97 Å². The number of phenolic OH excluding ortho intramolecular Hbond substituents is 1. The van der Waals surface area contributed by atoms with Gasteiger partial charge in [0.1, 0.15) is 17.1 Å². The fourth-order valence-electron chi connectivity index (χ4n) is 4.02. The Morgan fingerprint density at radius 1 is 1.34 bits per heavy atom. The fraction of sp³-hybridized carbons (Fsp3) is 0.364. The SMILES string of the molecule is CCC(=O)C(=O)ON1CC(c2cc3c(cc2O)OC(C)(C)C3)c2c(Br)cccc21. The van der Waals surface area contributed by atoms with Crippen molar-refractivity contribution in [3.05, 3.63) is 51.5 Å². The second kappa shape index (κ2) is 7.06. The number of carbonyl (C=O) groups excluding carboxylic acids is 2. The lowest BCUT2D eigenvalue weighted by atomic mass is 9.90. The van der Waals surface area contributed by atoms with Crippen LogP contribution in [-0.4, -0.2) is 29.0 Å². The van der Waals surface area contributed by atoms with Gasteiger partial charge < -0.3 is 14.7 Å². The van der Waals surface area contributed by atoms with Crippen molar-refractivity contribution in [2.24, 2.45) is 0 Å². The number of benzene rings is 2. The average molecular weight is 460 g/mol. The molecule has 1 unspecified atom stereocenters. The maximum absolute atomic E-state index is 12.1. The lowest BCUT2D eigenvalue weighted by molar-refractivity contribution is -0.154. The van der Waals surface area contributed by atoms with Crippen molar-refractivity contribution in [3.8, 4) is 11.5 Å². The maximum atomic E-state index is 12.1. The first kappa shape index (κ1) is 19.8. The largest absolute Gasteiger partial charge is 0.508 e. The van der Waals surface area contributed by atoms with Crippen LogP contribution in [-0.2, 0) is 20.8 Å². The molecule has 1 N–H and O–H groups in total.